The summed E-state index contributed by atoms with van der Waals surface area (Å²) < 4.78 is 0. The van der Waals surface area contributed by atoms with Gasteiger partial charge in [-0.2, -0.15) is 0 Å². The van der Waals surface area contributed by atoms with E-state index >= 15 is 0 Å². The first kappa shape index (κ1) is 16.5. The average molecular weight is 316 g/mol. The van der Waals surface area contributed by atoms with Crippen molar-refractivity contribution in [2.45, 2.75) is 38.6 Å². The SMILES string of the molecule is O=C1CC[C@@]2(CCCN(Cc3ccccc3)C2)CN1CCCO. The number of piperidine rings is 2. The van der Waals surface area contributed by atoms with Gasteiger partial charge in [0.15, 0.2) is 0 Å². The predicted octanol–water partition coefficient (Wildman–Crippen LogP) is 2.27. The fraction of sp³-hybridized carbons (Fsp3) is 0.632. The Morgan fingerprint density at radius 1 is 1.13 bits per heavy atom. The molecule has 0 aliphatic carbocycles. The van der Waals surface area contributed by atoms with E-state index in [1.807, 2.05) is 4.90 Å². The molecule has 0 radical (unpaired) electrons. The number of aliphatic hydroxyl groups excluding tert-OH is 1. The van der Waals surface area contributed by atoms with Crippen LogP contribution in [0.4, 0.5) is 0 Å². The highest BCUT2D eigenvalue weighted by molar-refractivity contribution is 5.77. The largest absolute Gasteiger partial charge is 0.396 e. The van der Waals surface area contributed by atoms with Gasteiger partial charge in [0.1, 0.15) is 0 Å². The molecule has 126 valence electrons. The van der Waals surface area contributed by atoms with E-state index in [0.717, 1.165) is 32.6 Å². The highest BCUT2D eigenvalue weighted by Gasteiger charge is 2.41. The number of hydrogen-bond acceptors (Lipinski definition) is 3. The molecule has 1 spiro atoms. The van der Waals surface area contributed by atoms with Crippen LogP contribution in [0.15, 0.2) is 30.3 Å². The van der Waals surface area contributed by atoms with Gasteiger partial charge in [-0.05, 0) is 37.8 Å². The lowest BCUT2D eigenvalue weighted by Gasteiger charge is -2.48. The maximum atomic E-state index is 12.1. The topological polar surface area (TPSA) is 43.8 Å². The van der Waals surface area contributed by atoms with E-state index < -0.39 is 0 Å². The lowest BCUT2D eigenvalue weighted by molar-refractivity contribution is -0.139. The number of benzene rings is 1. The minimum atomic E-state index is 0.164. The van der Waals surface area contributed by atoms with Crippen molar-refractivity contribution in [2.75, 3.05) is 32.8 Å². The number of aliphatic hydroxyl groups is 1. The number of nitrogens with zero attached hydrogens (tertiary/aromatic N) is 2. The summed E-state index contributed by atoms with van der Waals surface area (Å²) in [7, 11) is 0. The van der Waals surface area contributed by atoms with Crippen LogP contribution in [0.5, 0.6) is 0 Å². The van der Waals surface area contributed by atoms with Crippen molar-refractivity contribution in [1.29, 1.82) is 0 Å². The van der Waals surface area contributed by atoms with E-state index in [-0.39, 0.29) is 17.9 Å². The molecule has 1 atom stereocenters. The van der Waals surface area contributed by atoms with Crippen LogP contribution < -0.4 is 0 Å². The fourth-order valence-corrected chi connectivity index (χ4v) is 4.19. The lowest BCUT2D eigenvalue weighted by Crippen LogP contribution is -2.54. The van der Waals surface area contributed by atoms with E-state index in [2.05, 4.69) is 35.2 Å². The monoisotopic (exact) mass is 316 g/mol. The van der Waals surface area contributed by atoms with E-state index in [9.17, 15) is 4.79 Å². The van der Waals surface area contributed by atoms with Crippen LogP contribution in [-0.4, -0.2) is 53.6 Å². The van der Waals surface area contributed by atoms with Gasteiger partial charge < -0.3 is 10.0 Å². The lowest BCUT2D eigenvalue weighted by atomic mass is 9.73. The van der Waals surface area contributed by atoms with Crippen LogP contribution in [0.2, 0.25) is 0 Å². The second-order valence-corrected chi connectivity index (χ2v) is 7.19. The second-order valence-electron chi connectivity index (χ2n) is 7.19. The first-order valence-electron chi connectivity index (χ1n) is 8.86. The van der Waals surface area contributed by atoms with Gasteiger partial charge in [-0.3, -0.25) is 9.69 Å². The Kier molecular flexibility index (Phi) is 5.34. The molecule has 4 nitrogen and oxygen atoms in total. The zero-order valence-corrected chi connectivity index (χ0v) is 13.9. The van der Waals surface area contributed by atoms with Gasteiger partial charge in [0.05, 0.1) is 0 Å². The van der Waals surface area contributed by atoms with E-state index in [4.69, 9.17) is 5.11 Å². The van der Waals surface area contributed by atoms with Crippen LogP contribution in [-0.2, 0) is 11.3 Å². The Hall–Kier alpha value is -1.39. The van der Waals surface area contributed by atoms with Gasteiger partial charge in [-0.15, -0.1) is 0 Å². The minimum Gasteiger partial charge on any atom is -0.396 e. The van der Waals surface area contributed by atoms with E-state index in [1.165, 1.54) is 18.4 Å². The van der Waals surface area contributed by atoms with Crippen LogP contribution in [0, 0.1) is 5.41 Å². The number of likely N-dealkylation sites (tertiary alicyclic amines) is 2. The van der Waals surface area contributed by atoms with Crippen molar-refractivity contribution < 1.29 is 9.90 Å². The van der Waals surface area contributed by atoms with Crippen molar-refractivity contribution in [3.8, 4) is 0 Å². The molecule has 2 saturated heterocycles. The molecule has 4 heteroatoms. The van der Waals surface area contributed by atoms with Gasteiger partial charge in [-0.1, -0.05) is 30.3 Å². The third-order valence-corrected chi connectivity index (χ3v) is 5.32. The zero-order chi connectivity index (χ0) is 16.1. The summed E-state index contributed by atoms with van der Waals surface area (Å²) in [5, 5.41) is 9.04. The number of amides is 1. The Morgan fingerprint density at radius 3 is 2.74 bits per heavy atom. The van der Waals surface area contributed by atoms with Crippen LogP contribution in [0.3, 0.4) is 0 Å². The summed E-state index contributed by atoms with van der Waals surface area (Å²) in [6.45, 7) is 4.99. The molecule has 1 amide bonds. The summed E-state index contributed by atoms with van der Waals surface area (Å²) in [6.07, 6.45) is 4.82. The number of rotatable bonds is 5. The Labute approximate surface area is 139 Å². The van der Waals surface area contributed by atoms with E-state index in [0.29, 0.717) is 19.4 Å². The number of hydrogen-bond donors (Lipinski definition) is 1. The highest BCUT2D eigenvalue weighted by Crippen LogP contribution is 2.39. The van der Waals surface area contributed by atoms with Gasteiger partial charge in [-0.25, -0.2) is 0 Å². The van der Waals surface area contributed by atoms with E-state index in [1.54, 1.807) is 0 Å². The summed E-state index contributed by atoms with van der Waals surface area (Å²) in [5.41, 5.74) is 1.63. The van der Waals surface area contributed by atoms with Crippen molar-refractivity contribution >= 4 is 5.91 Å². The molecule has 0 unspecified atom stereocenters. The molecule has 1 aromatic carbocycles. The van der Waals surface area contributed by atoms with Crippen LogP contribution in [0.1, 0.15) is 37.7 Å². The molecule has 3 rings (SSSR count). The molecule has 2 aliphatic rings. The quantitative estimate of drug-likeness (QED) is 0.906. The summed E-state index contributed by atoms with van der Waals surface area (Å²) in [4.78, 5) is 16.7. The number of carbonyl (C=O) groups excluding carboxylic acids is 1. The predicted molar refractivity (Wildman–Crippen MR) is 90.9 cm³/mol. The van der Waals surface area contributed by atoms with Crippen molar-refractivity contribution in [3.63, 3.8) is 0 Å². The Bertz CT molecular complexity index is 519. The smallest absolute Gasteiger partial charge is 0.222 e. The van der Waals surface area contributed by atoms with Gasteiger partial charge in [0, 0.05) is 44.6 Å². The molecule has 2 heterocycles. The molecule has 2 aliphatic heterocycles. The first-order valence-corrected chi connectivity index (χ1v) is 8.86. The van der Waals surface area contributed by atoms with Crippen LogP contribution >= 0.6 is 0 Å². The third-order valence-electron chi connectivity index (χ3n) is 5.32. The zero-order valence-electron chi connectivity index (χ0n) is 13.9. The molecular formula is C19H28N2O2. The second kappa shape index (κ2) is 7.45. The van der Waals surface area contributed by atoms with Crippen molar-refractivity contribution in [3.05, 3.63) is 35.9 Å². The highest BCUT2D eigenvalue weighted by atomic mass is 16.3. The Balaban J connectivity index is 1.63. The normalized spacial score (nSPS) is 26.0. The minimum absolute atomic E-state index is 0.164. The molecule has 1 N–H and O–H groups in total. The maximum absolute atomic E-state index is 12.1. The molecule has 0 aromatic heterocycles. The average Bonchev–Trinajstić information content (AvgIpc) is 2.57. The molecular weight excluding hydrogens is 288 g/mol. The standard InChI is InChI=1S/C19H28N2O2/c22-13-5-12-21-16-19(10-8-18(21)23)9-4-11-20(15-19)14-17-6-2-1-3-7-17/h1-3,6-7,22H,4-5,8-16H2/t19-/m1/s1. The molecule has 23 heavy (non-hydrogen) atoms. The summed E-state index contributed by atoms with van der Waals surface area (Å²) in [5.74, 6) is 0.268. The van der Waals surface area contributed by atoms with Crippen molar-refractivity contribution in [1.82, 2.24) is 9.80 Å². The van der Waals surface area contributed by atoms with Gasteiger partial charge >= 0.3 is 0 Å². The molecule has 0 saturated carbocycles. The fourth-order valence-electron chi connectivity index (χ4n) is 4.19. The van der Waals surface area contributed by atoms with Crippen molar-refractivity contribution in [2.24, 2.45) is 5.41 Å². The summed E-state index contributed by atoms with van der Waals surface area (Å²) in [6, 6.07) is 10.7. The third kappa shape index (κ3) is 4.12. The molecule has 2 fully saturated rings. The molecule has 1 aromatic rings. The van der Waals surface area contributed by atoms with Gasteiger partial charge in [0.25, 0.3) is 0 Å². The first-order chi connectivity index (χ1) is 11.2. The number of carbonyl (C=O) groups is 1. The van der Waals surface area contributed by atoms with Gasteiger partial charge in [0.2, 0.25) is 5.91 Å². The van der Waals surface area contributed by atoms with Crippen LogP contribution in [0.25, 0.3) is 0 Å². The molecule has 0 bridgehead atoms. The maximum Gasteiger partial charge on any atom is 0.222 e. The summed E-state index contributed by atoms with van der Waals surface area (Å²) >= 11 is 0. The Morgan fingerprint density at radius 2 is 1.96 bits per heavy atom.